The lowest BCUT2D eigenvalue weighted by molar-refractivity contribution is -0.125. The number of hydrogen-bond donors (Lipinski definition) is 2. The molecule has 4 heteroatoms. The molecule has 0 radical (unpaired) electrons. The first-order chi connectivity index (χ1) is 12.5. The third-order valence-electron chi connectivity index (χ3n) is 4.34. The molecule has 0 saturated heterocycles. The van der Waals surface area contributed by atoms with E-state index in [-0.39, 0.29) is 17.7 Å². The molecule has 2 aromatic carbocycles. The van der Waals surface area contributed by atoms with Crippen LogP contribution in [0.3, 0.4) is 0 Å². The Hall–Kier alpha value is -2.88. The Labute approximate surface area is 155 Å². The standard InChI is InChI=1S/C22H26N2O2/c1-4-17(3)21(22(26)23-19-8-6-5-7-9-19)24-20(25)15-14-18-12-10-16(2)11-13-18/h5-15,17,21H,4H2,1-3H3,(H,23,26)(H,24,25)/b15-14+/t17-,21-/m0/s1. The van der Waals surface area contributed by atoms with Gasteiger partial charge in [0.05, 0.1) is 0 Å². The first-order valence-corrected chi connectivity index (χ1v) is 8.90. The summed E-state index contributed by atoms with van der Waals surface area (Å²) >= 11 is 0. The van der Waals surface area contributed by atoms with Crippen LogP contribution in [0.4, 0.5) is 5.69 Å². The van der Waals surface area contributed by atoms with Gasteiger partial charge >= 0.3 is 0 Å². The average molecular weight is 350 g/mol. The zero-order valence-corrected chi connectivity index (χ0v) is 15.5. The second-order valence-corrected chi connectivity index (χ2v) is 6.47. The molecule has 0 aromatic heterocycles. The predicted octanol–water partition coefficient (Wildman–Crippen LogP) is 4.18. The van der Waals surface area contributed by atoms with Crippen molar-refractivity contribution in [1.29, 1.82) is 0 Å². The molecule has 0 spiro atoms. The van der Waals surface area contributed by atoms with Gasteiger partial charge in [0.1, 0.15) is 6.04 Å². The number of rotatable bonds is 7. The number of anilines is 1. The van der Waals surface area contributed by atoms with Gasteiger partial charge in [-0.1, -0.05) is 68.3 Å². The lowest BCUT2D eigenvalue weighted by Crippen LogP contribution is -2.47. The van der Waals surface area contributed by atoms with E-state index >= 15 is 0 Å². The van der Waals surface area contributed by atoms with Crippen LogP contribution in [-0.4, -0.2) is 17.9 Å². The SMILES string of the molecule is CC[C@H](C)[C@H](NC(=O)/C=C/c1ccc(C)cc1)C(=O)Nc1ccccc1. The van der Waals surface area contributed by atoms with Gasteiger partial charge in [-0.2, -0.15) is 0 Å². The monoisotopic (exact) mass is 350 g/mol. The second-order valence-electron chi connectivity index (χ2n) is 6.47. The molecule has 2 amide bonds. The number of carbonyl (C=O) groups is 2. The van der Waals surface area contributed by atoms with Crippen molar-refractivity contribution in [2.24, 2.45) is 5.92 Å². The molecule has 2 N–H and O–H groups in total. The minimum absolute atomic E-state index is 0.0236. The number of benzene rings is 2. The summed E-state index contributed by atoms with van der Waals surface area (Å²) in [7, 11) is 0. The smallest absolute Gasteiger partial charge is 0.247 e. The molecule has 2 rings (SSSR count). The first kappa shape index (κ1) is 19.4. The summed E-state index contributed by atoms with van der Waals surface area (Å²) in [5.41, 5.74) is 2.83. The minimum Gasteiger partial charge on any atom is -0.340 e. The molecule has 0 saturated carbocycles. The molecule has 2 atom stereocenters. The third-order valence-corrected chi connectivity index (χ3v) is 4.34. The normalized spacial score (nSPS) is 13.2. The molecule has 0 aliphatic heterocycles. The van der Waals surface area contributed by atoms with Crippen molar-refractivity contribution in [3.63, 3.8) is 0 Å². The Morgan fingerprint density at radius 3 is 2.31 bits per heavy atom. The summed E-state index contributed by atoms with van der Waals surface area (Å²) in [6.45, 7) is 5.98. The van der Waals surface area contributed by atoms with E-state index in [1.807, 2.05) is 75.4 Å². The highest BCUT2D eigenvalue weighted by Gasteiger charge is 2.25. The van der Waals surface area contributed by atoms with Crippen molar-refractivity contribution in [3.05, 3.63) is 71.8 Å². The molecule has 26 heavy (non-hydrogen) atoms. The largest absolute Gasteiger partial charge is 0.340 e. The zero-order valence-electron chi connectivity index (χ0n) is 15.5. The highest BCUT2D eigenvalue weighted by molar-refractivity contribution is 6.00. The van der Waals surface area contributed by atoms with Crippen molar-refractivity contribution < 1.29 is 9.59 Å². The molecule has 0 aliphatic carbocycles. The summed E-state index contributed by atoms with van der Waals surface area (Å²) in [4.78, 5) is 24.9. The van der Waals surface area contributed by atoms with Crippen LogP contribution in [0, 0.1) is 12.8 Å². The Balaban J connectivity index is 2.03. The van der Waals surface area contributed by atoms with Crippen molar-refractivity contribution in [2.75, 3.05) is 5.32 Å². The predicted molar refractivity (Wildman–Crippen MR) is 107 cm³/mol. The van der Waals surface area contributed by atoms with E-state index in [0.29, 0.717) is 0 Å². The minimum atomic E-state index is -0.588. The molecule has 136 valence electrons. The Bertz CT molecular complexity index is 751. The van der Waals surface area contributed by atoms with E-state index in [2.05, 4.69) is 10.6 Å². The van der Waals surface area contributed by atoms with Crippen LogP contribution in [0.15, 0.2) is 60.7 Å². The molecule has 0 unspecified atom stereocenters. The van der Waals surface area contributed by atoms with Gasteiger partial charge in [0, 0.05) is 11.8 Å². The van der Waals surface area contributed by atoms with Crippen LogP contribution >= 0.6 is 0 Å². The van der Waals surface area contributed by atoms with E-state index in [0.717, 1.165) is 17.7 Å². The van der Waals surface area contributed by atoms with Crippen LogP contribution in [0.2, 0.25) is 0 Å². The number of hydrogen-bond acceptors (Lipinski definition) is 2. The third kappa shape index (κ3) is 5.88. The van der Waals surface area contributed by atoms with Gasteiger partial charge in [0.25, 0.3) is 0 Å². The van der Waals surface area contributed by atoms with E-state index in [9.17, 15) is 9.59 Å². The van der Waals surface area contributed by atoms with E-state index < -0.39 is 6.04 Å². The van der Waals surface area contributed by atoms with Crippen molar-refractivity contribution >= 4 is 23.6 Å². The summed E-state index contributed by atoms with van der Waals surface area (Å²) in [5.74, 6) is -0.461. The van der Waals surface area contributed by atoms with Crippen molar-refractivity contribution in [1.82, 2.24) is 5.32 Å². The maximum Gasteiger partial charge on any atom is 0.247 e. The zero-order chi connectivity index (χ0) is 18.9. The number of aryl methyl sites for hydroxylation is 1. The number of amides is 2. The summed E-state index contributed by atoms with van der Waals surface area (Å²) < 4.78 is 0. The quantitative estimate of drug-likeness (QED) is 0.736. The van der Waals surface area contributed by atoms with Crippen LogP contribution in [0.25, 0.3) is 6.08 Å². The van der Waals surface area contributed by atoms with Gasteiger partial charge in [-0.3, -0.25) is 9.59 Å². The summed E-state index contributed by atoms with van der Waals surface area (Å²) in [6.07, 6.45) is 4.00. The Morgan fingerprint density at radius 1 is 1.04 bits per heavy atom. The van der Waals surface area contributed by atoms with Gasteiger partial charge < -0.3 is 10.6 Å². The summed E-state index contributed by atoms with van der Waals surface area (Å²) in [6, 6.07) is 16.6. The fourth-order valence-electron chi connectivity index (χ4n) is 2.49. The average Bonchev–Trinajstić information content (AvgIpc) is 2.65. The lowest BCUT2D eigenvalue weighted by Gasteiger charge is -2.23. The molecular formula is C22H26N2O2. The maximum atomic E-state index is 12.6. The highest BCUT2D eigenvalue weighted by atomic mass is 16.2. The first-order valence-electron chi connectivity index (χ1n) is 8.90. The molecule has 4 nitrogen and oxygen atoms in total. The molecule has 0 fully saturated rings. The van der Waals surface area contributed by atoms with E-state index in [1.54, 1.807) is 6.08 Å². The fourth-order valence-corrected chi connectivity index (χ4v) is 2.49. The number of carbonyl (C=O) groups excluding carboxylic acids is 2. The maximum absolute atomic E-state index is 12.6. The van der Waals surface area contributed by atoms with Gasteiger partial charge in [-0.25, -0.2) is 0 Å². The van der Waals surface area contributed by atoms with Crippen LogP contribution in [-0.2, 0) is 9.59 Å². The fraction of sp³-hybridized carbons (Fsp3) is 0.273. The van der Waals surface area contributed by atoms with Crippen molar-refractivity contribution in [2.45, 2.75) is 33.2 Å². The molecule has 0 bridgehead atoms. The Kier molecular flexibility index (Phi) is 7.15. The van der Waals surface area contributed by atoms with Crippen LogP contribution < -0.4 is 10.6 Å². The van der Waals surface area contributed by atoms with Gasteiger partial charge in [-0.15, -0.1) is 0 Å². The highest BCUT2D eigenvalue weighted by Crippen LogP contribution is 2.12. The number of nitrogens with one attached hydrogen (secondary N) is 2. The van der Waals surface area contributed by atoms with Crippen LogP contribution in [0.1, 0.15) is 31.4 Å². The van der Waals surface area contributed by atoms with E-state index in [4.69, 9.17) is 0 Å². The van der Waals surface area contributed by atoms with Crippen LogP contribution in [0.5, 0.6) is 0 Å². The summed E-state index contributed by atoms with van der Waals surface area (Å²) in [5, 5.41) is 5.70. The lowest BCUT2D eigenvalue weighted by atomic mass is 9.98. The van der Waals surface area contributed by atoms with Gasteiger partial charge in [0.15, 0.2) is 0 Å². The second kappa shape index (κ2) is 9.56. The molecule has 0 aliphatic rings. The van der Waals surface area contributed by atoms with E-state index in [1.165, 1.54) is 11.6 Å². The molecule has 2 aromatic rings. The Morgan fingerprint density at radius 2 is 1.69 bits per heavy atom. The van der Waals surface area contributed by atoms with Gasteiger partial charge in [-0.05, 0) is 36.6 Å². The van der Waals surface area contributed by atoms with Crippen molar-refractivity contribution in [3.8, 4) is 0 Å². The number of para-hydroxylation sites is 1. The molecular weight excluding hydrogens is 324 g/mol. The molecule has 0 heterocycles. The van der Waals surface area contributed by atoms with Gasteiger partial charge in [0.2, 0.25) is 11.8 Å². The topological polar surface area (TPSA) is 58.2 Å².